The summed E-state index contributed by atoms with van der Waals surface area (Å²) in [7, 11) is 0. The molecule has 1 aromatic heterocycles. The number of nitrogens with two attached hydrogens (primary N) is 1. The molecule has 1 unspecified atom stereocenters. The van der Waals surface area contributed by atoms with Crippen molar-refractivity contribution in [1.29, 1.82) is 0 Å². The van der Waals surface area contributed by atoms with Crippen molar-refractivity contribution in [3.63, 3.8) is 0 Å². The predicted molar refractivity (Wildman–Crippen MR) is 79.2 cm³/mol. The number of hydrogen-bond acceptors (Lipinski definition) is 6. The monoisotopic (exact) mass is 289 g/mol. The molecule has 0 radical (unpaired) electrons. The Kier molecular flexibility index (Phi) is 4.89. The number of rotatable bonds is 7. The van der Waals surface area contributed by atoms with Gasteiger partial charge in [-0.25, -0.2) is 0 Å². The minimum absolute atomic E-state index is 0.00485. The molecule has 0 fully saturated rings. The second-order valence-corrected chi connectivity index (χ2v) is 4.69. The van der Waals surface area contributed by atoms with Crippen LogP contribution in [0.1, 0.15) is 42.6 Å². The van der Waals surface area contributed by atoms with E-state index in [-0.39, 0.29) is 6.04 Å². The van der Waals surface area contributed by atoms with Crippen LogP contribution in [-0.4, -0.2) is 22.6 Å². The third-order valence-corrected chi connectivity index (χ3v) is 2.93. The number of carbonyl (C=O) groups is 1. The summed E-state index contributed by atoms with van der Waals surface area (Å²) in [5.41, 5.74) is 6.37. The molecule has 4 N–H and O–H groups in total. The summed E-state index contributed by atoms with van der Waals surface area (Å²) < 4.78 is 5.54. The van der Waals surface area contributed by atoms with Crippen LogP contribution in [0.5, 0.6) is 0 Å². The summed E-state index contributed by atoms with van der Waals surface area (Å²) in [5.74, 6) is 0.0668. The molecule has 1 aromatic carbocycles. The fourth-order valence-corrected chi connectivity index (χ4v) is 1.75. The fourth-order valence-electron chi connectivity index (χ4n) is 1.75. The molecule has 1 atom stereocenters. The van der Waals surface area contributed by atoms with E-state index in [1.165, 1.54) is 0 Å². The fraction of sp³-hybridized carbons (Fsp3) is 0.357. The van der Waals surface area contributed by atoms with Crippen LogP contribution >= 0.6 is 0 Å². The molecule has 2 rings (SSSR count). The van der Waals surface area contributed by atoms with E-state index in [4.69, 9.17) is 10.2 Å². The predicted octanol–water partition coefficient (Wildman–Crippen LogP) is 1.97. The molecule has 0 spiro atoms. The SMILES string of the molecule is CCCNC(C)c1nnc(Nc2ccc(C(N)=O)cc2)o1. The Morgan fingerprint density at radius 3 is 2.67 bits per heavy atom. The van der Waals surface area contributed by atoms with Gasteiger partial charge in [0, 0.05) is 11.3 Å². The van der Waals surface area contributed by atoms with Gasteiger partial charge in [-0.15, -0.1) is 5.10 Å². The van der Waals surface area contributed by atoms with Gasteiger partial charge in [0.25, 0.3) is 0 Å². The molecule has 0 saturated heterocycles. The second kappa shape index (κ2) is 6.85. The molecular formula is C14H19N5O2. The summed E-state index contributed by atoms with van der Waals surface area (Å²) in [5, 5.41) is 14.2. The first-order chi connectivity index (χ1) is 10.1. The Morgan fingerprint density at radius 2 is 2.05 bits per heavy atom. The van der Waals surface area contributed by atoms with Crippen molar-refractivity contribution in [1.82, 2.24) is 15.5 Å². The maximum absolute atomic E-state index is 11.0. The van der Waals surface area contributed by atoms with E-state index in [1.54, 1.807) is 24.3 Å². The summed E-state index contributed by atoms with van der Waals surface area (Å²) >= 11 is 0. The molecule has 0 aliphatic rings. The van der Waals surface area contributed by atoms with Gasteiger partial charge >= 0.3 is 6.01 Å². The van der Waals surface area contributed by atoms with E-state index in [2.05, 4.69) is 27.8 Å². The highest BCUT2D eigenvalue weighted by Crippen LogP contribution is 2.18. The van der Waals surface area contributed by atoms with Crippen LogP contribution in [0, 0.1) is 0 Å². The lowest BCUT2D eigenvalue weighted by Crippen LogP contribution is -2.19. The zero-order valence-electron chi connectivity index (χ0n) is 12.1. The molecule has 0 bridgehead atoms. The van der Waals surface area contributed by atoms with Gasteiger partial charge in [-0.3, -0.25) is 4.79 Å². The van der Waals surface area contributed by atoms with Crippen LogP contribution in [0.4, 0.5) is 11.7 Å². The van der Waals surface area contributed by atoms with E-state index in [1.807, 2.05) is 6.92 Å². The standard InChI is InChI=1S/C14H19N5O2/c1-3-8-16-9(2)13-18-19-14(21-13)17-11-6-4-10(5-7-11)12(15)20/h4-7,9,16H,3,8H2,1-2H3,(H2,15,20)(H,17,19). The molecule has 0 saturated carbocycles. The number of hydrogen-bond donors (Lipinski definition) is 3. The number of nitrogens with one attached hydrogen (secondary N) is 2. The number of primary amides is 1. The molecule has 1 amide bonds. The third-order valence-electron chi connectivity index (χ3n) is 2.93. The Labute approximate surface area is 122 Å². The molecule has 7 nitrogen and oxygen atoms in total. The quantitative estimate of drug-likeness (QED) is 0.719. The second-order valence-electron chi connectivity index (χ2n) is 4.69. The van der Waals surface area contributed by atoms with Crippen molar-refractivity contribution in [2.24, 2.45) is 5.73 Å². The first kappa shape index (κ1) is 15.0. The minimum Gasteiger partial charge on any atom is -0.406 e. The Morgan fingerprint density at radius 1 is 1.33 bits per heavy atom. The van der Waals surface area contributed by atoms with Crippen LogP contribution < -0.4 is 16.4 Å². The van der Waals surface area contributed by atoms with E-state index in [0.29, 0.717) is 17.5 Å². The largest absolute Gasteiger partial charge is 0.406 e. The van der Waals surface area contributed by atoms with Crippen molar-refractivity contribution in [2.75, 3.05) is 11.9 Å². The van der Waals surface area contributed by atoms with E-state index >= 15 is 0 Å². The number of amides is 1. The Bertz CT molecular complexity index is 594. The number of aromatic nitrogens is 2. The highest BCUT2D eigenvalue weighted by atomic mass is 16.4. The number of anilines is 2. The van der Waals surface area contributed by atoms with Crippen LogP contribution in [0.3, 0.4) is 0 Å². The van der Waals surface area contributed by atoms with Gasteiger partial charge in [0.1, 0.15) is 0 Å². The van der Waals surface area contributed by atoms with Crippen molar-refractivity contribution < 1.29 is 9.21 Å². The molecule has 0 aliphatic heterocycles. The lowest BCUT2D eigenvalue weighted by molar-refractivity contribution is 0.100. The zero-order valence-corrected chi connectivity index (χ0v) is 12.1. The maximum Gasteiger partial charge on any atom is 0.320 e. The van der Waals surface area contributed by atoms with E-state index in [9.17, 15) is 4.79 Å². The van der Waals surface area contributed by atoms with Crippen molar-refractivity contribution in [3.8, 4) is 0 Å². The summed E-state index contributed by atoms with van der Waals surface area (Å²) in [6.45, 7) is 4.95. The van der Waals surface area contributed by atoms with Crippen molar-refractivity contribution in [2.45, 2.75) is 26.3 Å². The summed E-state index contributed by atoms with van der Waals surface area (Å²) in [4.78, 5) is 11.0. The number of nitrogens with zero attached hydrogens (tertiary/aromatic N) is 2. The van der Waals surface area contributed by atoms with Crippen LogP contribution in [-0.2, 0) is 0 Å². The van der Waals surface area contributed by atoms with E-state index < -0.39 is 5.91 Å². The van der Waals surface area contributed by atoms with Gasteiger partial charge in [-0.05, 0) is 44.2 Å². The zero-order chi connectivity index (χ0) is 15.2. The first-order valence-corrected chi connectivity index (χ1v) is 6.83. The summed E-state index contributed by atoms with van der Waals surface area (Å²) in [6.07, 6.45) is 1.04. The topological polar surface area (TPSA) is 106 Å². The lowest BCUT2D eigenvalue weighted by Gasteiger charge is -2.07. The third kappa shape index (κ3) is 4.03. The first-order valence-electron chi connectivity index (χ1n) is 6.83. The maximum atomic E-state index is 11.0. The summed E-state index contributed by atoms with van der Waals surface area (Å²) in [6, 6.07) is 7.03. The normalized spacial score (nSPS) is 12.1. The molecule has 112 valence electrons. The van der Waals surface area contributed by atoms with Crippen molar-refractivity contribution in [3.05, 3.63) is 35.7 Å². The van der Waals surface area contributed by atoms with Crippen LogP contribution in [0.25, 0.3) is 0 Å². The van der Waals surface area contributed by atoms with Crippen molar-refractivity contribution >= 4 is 17.6 Å². The van der Waals surface area contributed by atoms with E-state index in [0.717, 1.165) is 18.7 Å². The molecule has 1 heterocycles. The van der Waals surface area contributed by atoms with Gasteiger partial charge in [-0.2, -0.15) is 0 Å². The molecular weight excluding hydrogens is 270 g/mol. The highest BCUT2D eigenvalue weighted by molar-refractivity contribution is 5.93. The highest BCUT2D eigenvalue weighted by Gasteiger charge is 2.13. The minimum atomic E-state index is -0.461. The Hall–Kier alpha value is -2.41. The molecule has 0 aliphatic carbocycles. The molecule has 7 heteroatoms. The van der Waals surface area contributed by atoms with Gasteiger partial charge in [-0.1, -0.05) is 12.0 Å². The van der Waals surface area contributed by atoms with Gasteiger partial charge in [0.05, 0.1) is 6.04 Å². The Balaban J connectivity index is 2.00. The smallest absolute Gasteiger partial charge is 0.320 e. The van der Waals surface area contributed by atoms with Gasteiger partial charge < -0.3 is 20.8 Å². The van der Waals surface area contributed by atoms with Gasteiger partial charge in [0.2, 0.25) is 11.8 Å². The van der Waals surface area contributed by atoms with Crippen LogP contribution in [0.15, 0.2) is 28.7 Å². The average Bonchev–Trinajstić information content (AvgIpc) is 2.94. The number of carbonyl (C=O) groups excluding carboxylic acids is 1. The number of benzene rings is 1. The average molecular weight is 289 g/mol. The molecule has 21 heavy (non-hydrogen) atoms. The lowest BCUT2D eigenvalue weighted by atomic mass is 10.2. The van der Waals surface area contributed by atoms with Crippen LogP contribution in [0.2, 0.25) is 0 Å². The molecule has 2 aromatic rings. The van der Waals surface area contributed by atoms with Gasteiger partial charge in [0.15, 0.2) is 0 Å².